The molecule has 0 saturated heterocycles. The summed E-state index contributed by atoms with van der Waals surface area (Å²) in [5.41, 5.74) is 2.22. The fourth-order valence-electron chi connectivity index (χ4n) is 3.36. The second-order valence-corrected chi connectivity index (χ2v) is 6.79. The van der Waals surface area contributed by atoms with Crippen LogP contribution in [0.4, 0.5) is 0 Å². The first-order valence-corrected chi connectivity index (χ1v) is 9.20. The highest BCUT2D eigenvalue weighted by molar-refractivity contribution is 6.18. The number of fused-ring (bicyclic) bond motifs is 2. The van der Waals surface area contributed by atoms with E-state index in [-0.39, 0.29) is 18.4 Å². The number of carbonyl (C=O) groups excluding carboxylic acids is 2. The van der Waals surface area contributed by atoms with Crippen LogP contribution in [0, 0.1) is 12.8 Å². The molecule has 0 aromatic carbocycles. The van der Waals surface area contributed by atoms with E-state index in [0.29, 0.717) is 34.5 Å². The Hall–Kier alpha value is -4.21. The van der Waals surface area contributed by atoms with Crippen molar-refractivity contribution < 1.29 is 14.1 Å². The first-order valence-electron chi connectivity index (χ1n) is 9.20. The molecule has 148 valence electrons. The molecular weight excluding hydrogens is 386 g/mol. The van der Waals surface area contributed by atoms with Gasteiger partial charge in [-0.1, -0.05) is 23.4 Å². The molecule has 2 amide bonds. The SMILES string of the molecule is Cc1noc(-c2ccn3c(CNC(=O)C4=CC(=O)N=C5C=CC=CC45)nnc3c2)n1. The summed E-state index contributed by atoms with van der Waals surface area (Å²) in [6.07, 6.45) is 10.2. The number of aliphatic imine (C=N–C) groups is 1. The Balaban J connectivity index is 1.34. The largest absolute Gasteiger partial charge is 0.345 e. The summed E-state index contributed by atoms with van der Waals surface area (Å²) >= 11 is 0. The molecular formula is C20H15N7O3. The molecule has 30 heavy (non-hydrogen) atoms. The van der Waals surface area contributed by atoms with Gasteiger partial charge in [0, 0.05) is 23.4 Å². The average Bonchev–Trinajstić information content (AvgIpc) is 3.37. The monoisotopic (exact) mass is 401 g/mol. The molecule has 0 spiro atoms. The molecule has 0 bridgehead atoms. The van der Waals surface area contributed by atoms with E-state index < -0.39 is 5.91 Å². The van der Waals surface area contributed by atoms with Crippen LogP contribution in [0.15, 0.2) is 63.8 Å². The van der Waals surface area contributed by atoms with Crippen LogP contribution in [0.5, 0.6) is 0 Å². The number of rotatable bonds is 4. The van der Waals surface area contributed by atoms with Crippen molar-refractivity contribution in [3.05, 3.63) is 65.9 Å². The third kappa shape index (κ3) is 3.13. The fraction of sp³-hybridized carbons (Fsp3) is 0.150. The molecule has 3 aromatic rings. The Morgan fingerprint density at radius 1 is 1.30 bits per heavy atom. The van der Waals surface area contributed by atoms with E-state index in [9.17, 15) is 9.59 Å². The van der Waals surface area contributed by atoms with E-state index in [0.717, 1.165) is 5.56 Å². The van der Waals surface area contributed by atoms with Crippen molar-refractivity contribution in [1.82, 2.24) is 30.1 Å². The van der Waals surface area contributed by atoms with Gasteiger partial charge >= 0.3 is 0 Å². The maximum absolute atomic E-state index is 12.7. The molecule has 10 nitrogen and oxygen atoms in total. The number of hydrogen-bond acceptors (Lipinski definition) is 7. The number of pyridine rings is 1. The number of nitrogens with one attached hydrogen (secondary N) is 1. The molecule has 1 atom stereocenters. The lowest BCUT2D eigenvalue weighted by Gasteiger charge is -2.21. The summed E-state index contributed by atoms with van der Waals surface area (Å²) < 4.78 is 6.93. The van der Waals surface area contributed by atoms with Gasteiger partial charge in [-0.2, -0.15) is 4.98 Å². The molecule has 1 unspecified atom stereocenters. The van der Waals surface area contributed by atoms with Gasteiger partial charge in [0.25, 0.3) is 11.8 Å². The highest BCUT2D eigenvalue weighted by Crippen LogP contribution is 2.23. The van der Waals surface area contributed by atoms with E-state index in [4.69, 9.17) is 4.52 Å². The van der Waals surface area contributed by atoms with E-state index in [2.05, 4.69) is 30.6 Å². The van der Waals surface area contributed by atoms with Crippen LogP contribution in [0.1, 0.15) is 11.6 Å². The smallest absolute Gasteiger partial charge is 0.270 e. The topological polar surface area (TPSA) is 128 Å². The first kappa shape index (κ1) is 17.9. The van der Waals surface area contributed by atoms with Gasteiger partial charge in [0.1, 0.15) is 0 Å². The van der Waals surface area contributed by atoms with Crippen LogP contribution in [-0.4, -0.2) is 42.3 Å². The van der Waals surface area contributed by atoms with Crippen LogP contribution < -0.4 is 5.32 Å². The Bertz CT molecular complexity index is 1310. The summed E-state index contributed by atoms with van der Waals surface area (Å²) in [5.74, 6) is 0.361. The Morgan fingerprint density at radius 2 is 2.20 bits per heavy atom. The standard InChI is InChI=1S/C20H15N7O3/c1-11-22-20(30-26-11)12-6-7-27-16(8-12)24-25-17(27)10-21-19(29)14-9-18(28)23-15-5-3-2-4-13(14)15/h2-9,13H,10H2,1H3,(H,21,29). The minimum atomic E-state index is -0.442. The molecule has 2 aliphatic rings. The predicted octanol–water partition coefficient (Wildman–Crippen LogP) is 1.35. The van der Waals surface area contributed by atoms with Gasteiger partial charge in [-0.05, 0) is 25.1 Å². The number of hydrogen-bond donors (Lipinski definition) is 1. The summed E-state index contributed by atoms with van der Waals surface area (Å²) in [6.45, 7) is 1.89. The second-order valence-electron chi connectivity index (χ2n) is 6.79. The summed E-state index contributed by atoms with van der Waals surface area (Å²) in [6, 6.07) is 3.58. The molecule has 0 radical (unpaired) electrons. The Morgan fingerprint density at radius 3 is 3.03 bits per heavy atom. The van der Waals surface area contributed by atoms with Crippen LogP contribution in [0.25, 0.3) is 17.1 Å². The van der Waals surface area contributed by atoms with Crippen LogP contribution in [-0.2, 0) is 16.1 Å². The number of nitrogens with zero attached hydrogens (tertiary/aromatic N) is 6. The van der Waals surface area contributed by atoms with E-state index in [1.165, 1.54) is 6.08 Å². The van der Waals surface area contributed by atoms with Crippen molar-refractivity contribution in [2.24, 2.45) is 10.9 Å². The summed E-state index contributed by atoms with van der Waals surface area (Å²) in [5, 5.41) is 14.9. The highest BCUT2D eigenvalue weighted by Gasteiger charge is 2.28. The average molecular weight is 401 g/mol. The predicted molar refractivity (Wildman–Crippen MR) is 105 cm³/mol. The minimum Gasteiger partial charge on any atom is -0.345 e. The molecule has 5 rings (SSSR count). The number of carbonyl (C=O) groups is 2. The quantitative estimate of drug-likeness (QED) is 0.699. The van der Waals surface area contributed by atoms with Gasteiger partial charge in [-0.15, -0.1) is 10.2 Å². The van der Waals surface area contributed by atoms with E-state index in [1.807, 2.05) is 12.2 Å². The van der Waals surface area contributed by atoms with Crippen molar-refractivity contribution in [3.63, 3.8) is 0 Å². The zero-order valence-corrected chi connectivity index (χ0v) is 15.8. The van der Waals surface area contributed by atoms with Gasteiger partial charge in [0.15, 0.2) is 17.3 Å². The fourth-order valence-corrected chi connectivity index (χ4v) is 3.36. The van der Waals surface area contributed by atoms with E-state index in [1.54, 1.807) is 41.8 Å². The van der Waals surface area contributed by atoms with Crippen molar-refractivity contribution in [2.75, 3.05) is 0 Å². The van der Waals surface area contributed by atoms with Crippen LogP contribution in [0.2, 0.25) is 0 Å². The maximum Gasteiger partial charge on any atom is 0.270 e. The van der Waals surface area contributed by atoms with Crippen LogP contribution >= 0.6 is 0 Å². The number of amides is 2. The minimum absolute atomic E-state index is 0.142. The van der Waals surface area contributed by atoms with Crippen molar-refractivity contribution in [1.29, 1.82) is 0 Å². The van der Waals surface area contributed by atoms with Crippen molar-refractivity contribution >= 4 is 23.2 Å². The van der Waals surface area contributed by atoms with Crippen molar-refractivity contribution in [3.8, 4) is 11.5 Å². The zero-order valence-electron chi connectivity index (χ0n) is 15.8. The van der Waals surface area contributed by atoms with Gasteiger partial charge < -0.3 is 9.84 Å². The normalized spacial score (nSPS) is 17.6. The molecule has 0 fully saturated rings. The van der Waals surface area contributed by atoms with Crippen LogP contribution in [0.3, 0.4) is 0 Å². The molecule has 1 N–H and O–H groups in total. The van der Waals surface area contributed by atoms with Gasteiger partial charge in [-0.3, -0.25) is 14.0 Å². The Kier molecular flexibility index (Phi) is 4.16. The van der Waals surface area contributed by atoms with Gasteiger partial charge in [0.05, 0.1) is 18.2 Å². The lowest BCUT2D eigenvalue weighted by atomic mass is 9.87. The second kappa shape index (κ2) is 6.99. The lowest BCUT2D eigenvalue weighted by Crippen LogP contribution is -2.33. The number of dihydropyridines is 1. The number of aryl methyl sites for hydroxylation is 1. The van der Waals surface area contributed by atoms with Crippen molar-refractivity contribution in [2.45, 2.75) is 13.5 Å². The maximum atomic E-state index is 12.7. The molecule has 10 heteroatoms. The van der Waals surface area contributed by atoms with Gasteiger partial charge in [-0.25, -0.2) is 4.99 Å². The number of allylic oxidation sites excluding steroid dienone is 4. The number of aromatic nitrogens is 5. The van der Waals surface area contributed by atoms with Gasteiger partial charge in [0.2, 0.25) is 5.91 Å². The third-order valence-corrected chi connectivity index (χ3v) is 4.78. The Labute approximate surface area is 169 Å². The molecule has 0 saturated carbocycles. The molecule has 1 aliphatic carbocycles. The zero-order chi connectivity index (χ0) is 20.7. The molecule has 3 aromatic heterocycles. The molecule has 1 aliphatic heterocycles. The first-order chi connectivity index (χ1) is 14.6. The third-order valence-electron chi connectivity index (χ3n) is 4.78. The summed E-state index contributed by atoms with van der Waals surface area (Å²) in [4.78, 5) is 32.7. The molecule has 4 heterocycles. The summed E-state index contributed by atoms with van der Waals surface area (Å²) in [7, 11) is 0. The lowest BCUT2D eigenvalue weighted by molar-refractivity contribution is -0.119. The van der Waals surface area contributed by atoms with E-state index >= 15 is 0 Å². The highest BCUT2D eigenvalue weighted by atomic mass is 16.5.